The highest BCUT2D eigenvalue weighted by atomic mass is 31.2. The highest BCUT2D eigenvalue weighted by molar-refractivity contribution is 7.46. The van der Waals surface area contributed by atoms with E-state index >= 15 is 0 Å². The lowest BCUT2D eigenvalue weighted by molar-refractivity contribution is -0.00576. The first-order chi connectivity index (χ1) is 10.6. The van der Waals surface area contributed by atoms with E-state index in [1.54, 1.807) is 0 Å². The molecule has 0 amide bonds. The van der Waals surface area contributed by atoms with Gasteiger partial charge in [-0.3, -0.25) is 4.52 Å². The van der Waals surface area contributed by atoms with Gasteiger partial charge in [-0.1, -0.05) is 19.8 Å². The second-order valence-electron chi connectivity index (χ2n) is 4.48. The van der Waals surface area contributed by atoms with Crippen LogP contribution in [0.3, 0.4) is 0 Å². The van der Waals surface area contributed by atoms with Crippen molar-refractivity contribution in [2.45, 2.75) is 26.2 Å². The Balaban J connectivity index is 3.01. The molecule has 0 aliphatic carbocycles. The summed E-state index contributed by atoms with van der Waals surface area (Å²) in [4.78, 5) is 16.8. The van der Waals surface area contributed by atoms with Crippen LogP contribution in [0, 0.1) is 0 Å². The van der Waals surface area contributed by atoms with Crippen LogP contribution in [-0.4, -0.2) is 69.2 Å². The molecule has 0 atom stereocenters. The van der Waals surface area contributed by atoms with Crippen LogP contribution in [0.4, 0.5) is 0 Å². The standard InChI is InChI=1S/C13H29O8P/c1-2-3-4-5-17-6-7-18-8-9-19-10-11-20-12-13-21-22(14,15)16/h2-13H2,1H3,(H2,14,15,16). The fourth-order valence-corrected chi connectivity index (χ4v) is 1.74. The number of unbranched alkanes of at least 4 members (excludes halogenated alkanes) is 2. The van der Waals surface area contributed by atoms with Crippen molar-refractivity contribution in [2.24, 2.45) is 0 Å². The summed E-state index contributed by atoms with van der Waals surface area (Å²) in [7, 11) is -4.39. The van der Waals surface area contributed by atoms with E-state index in [2.05, 4.69) is 11.4 Å². The Bertz CT molecular complexity index is 271. The summed E-state index contributed by atoms with van der Waals surface area (Å²) in [5.41, 5.74) is 0. The van der Waals surface area contributed by atoms with Gasteiger partial charge >= 0.3 is 7.82 Å². The zero-order valence-corrected chi connectivity index (χ0v) is 14.2. The van der Waals surface area contributed by atoms with E-state index in [4.69, 9.17) is 28.7 Å². The van der Waals surface area contributed by atoms with Gasteiger partial charge in [0.05, 0.1) is 52.9 Å². The van der Waals surface area contributed by atoms with Crippen LogP contribution in [0.2, 0.25) is 0 Å². The summed E-state index contributed by atoms with van der Waals surface area (Å²) < 4.78 is 35.6. The molecule has 0 spiro atoms. The third-order valence-corrected chi connectivity index (χ3v) is 3.01. The molecule has 22 heavy (non-hydrogen) atoms. The van der Waals surface area contributed by atoms with Gasteiger partial charge in [-0.05, 0) is 6.42 Å². The van der Waals surface area contributed by atoms with Crippen molar-refractivity contribution in [3.05, 3.63) is 0 Å². The summed E-state index contributed by atoms with van der Waals surface area (Å²) in [6.07, 6.45) is 3.48. The SMILES string of the molecule is CCCCCOCCOCCOCCOCCOP(=O)(O)O. The van der Waals surface area contributed by atoms with Gasteiger partial charge in [-0.15, -0.1) is 0 Å². The molecular weight excluding hydrogens is 315 g/mol. The van der Waals surface area contributed by atoms with Crippen LogP contribution < -0.4 is 0 Å². The minimum Gasteiger partial charge on any atom is -0.379 e. The Morgan fingerprint density at radius 3 is 1.50 bits per heavy atom. The molecule has 0 aliphatic rings. The third-order valence-electron chi connectivity index (χ3n) is 2.50. The van der Waals surface area contributed by atoms with Gasteiger partial charge in [0.25, 0.3) is 0 Å². The van der Waals surface area contributed by atoms with Crippen molar-refractivity contribution in [1.82, 2.24) is 0 Å². The number of hydrogen-bond donors (Lipinski definition) is 2. The van der Waals surface area contributed by atoms with Crippen molar-refractivity contribution in [3.8, 4) is 0 Å². The molecule has 0 aliphatic heterocycles. The van der Waals surface area contributed by atoms with Gasteiger partial charge in [0.15, 0.2) is 0 Å². The Morgan fingerprint density at radius 1 is 0.682 bits per heavy atom. The highest BCUT2D eigenvalue weighted by Crippen LogP contribution is 2.35. The van der Waals surface area contributed by atoms with E-state index < -0.39 is 7.82 Å². The fraction of sp³-hybridized carbons (Fsp3) is 1.00. The predicted molar refractivity (Wildman–Crippen MR) is 80.8 cm³/mol. The lowest BCUT2D eigenvalue weighted by atomic mass is 10.3. The molecule has 8 nitrogen and oxygen atoms in total. The van der Waals surface area contributed by atoms with Crippen LogP contribution in [0.5, 0.6) is 0 Å². The molecule has 0 aromatic heterocycles. The lowest BCUT2D eigenvalue weighted by Crippen LogP contribution is -2.13. The first kappa shape index (κ1) is 21.9. The van der Waals surface area contributed by atoms with Gasteiger partial charge < -0.3 is 28.7 Å². The fourth-order valence-electron chi connectivity index (χ4n) is 1.43. The molecule has 0 rings (SSSR count). The molecule has 0 heterocycles. The molecule has 0 aromatic rings. The molecule has 0 bridgehead atoms. The quantitative estimate of drug-likeness (QED) is 0.301. The molecular formula is C13H29O8P. The summed E-state index contributed by atoms with van der Waals surface area (Å²) in [6.45, 7) is 5.78. The van der Waals surface area contributed by atoms with Crippen LogP contribution in [0.1, 0.15) is 26.2 Å². The zero-order chi connectivity index (χ0) is 16.5. The molecule has 0 saturated carbocycles. The topological polar surface area (TPSA) is 104 Å². The Labute approximate surface area is 132 Å². The Hall–Kier alpha value is -0.0500. The van der Waals surface area contributed by atoms with Gasteiger partial charge in [0.2, 0.25) is 0 Å². The van der Waals surface area contributed by atoms with Gasteiger partial charge in [-0.25, -0.2) is 4.57 Å². The average molecular weight is 344 g/mol. The Kier molecular flexibility index (Phi) is 15.8. The van der Waals surface area contributed by atoms with Gasteiger partial charge in [0.1, 0.15) is 0 Å². The maximum atomic E-state index is 10.3. The van der Waals surface area contributed by atoms with Crippen LogP contribution in [0.15, 0.2) is 0 Å². The molecule has 0 fully saturated rings. The summed E-state index contributed by atoms with van der Waals surface area (Å²) >= 11 is 0. The summed E-state index contributed by atoms with van der Waals surface area (Å²) in [5, 5.41) is 0. The first-order valence-corrected chi connectivity index (χ1v) is 9.10. The molecule has 134 valence electrons. The molecule has 0 radical (unpaired) electrons. The number of ether oxygens (including phenoxy) is 4. The highest BCUT2D eigenvalue weighted by Gasteiger charge is 2.12. The molecule has 0 saturated heterocycles. The maximum Gasteiger partial charge on any atom is 0.469 e. The van der Waals surface area contributed by atoms with Crippen molar-refractivity contribution < 1.29 is 37.8 Å². The minimum absolute atomic E-state index is 0.111. The second kappa shape index (κ2) is 15.8. The van der Waals surface area contributed by atoms with E-state index in [-0.39, 0.29) is 13.2 Å². The van der Waals surface area contributed by atoms with Gasteiger partial charge in [0, 0.05) is 6.61 Å². The van der Waals surface area contributed by atoms with Crippen molar-refractivity contribution in [1.29, 1.82) is 0 Å². The number of phosphoric acid groups is 1. The van der Waals surface area contributed by atoms with Crippen LogP contribution in [0.25, 0.3) is 0 Å². The summed E-state index contributed by atoms with van der Waals surface area (Å²) in [6, 6.07) is 0. The first-order valence-electron chi connectivity index (χ1n) is 7.57. The maximum absolute atomic E-state index is 10.3. The van der Waals surface area contributed by atoms with E-state index in [0.29, 0.717) is 39.6 Å². The zero-order valence-electron chi connectivity index (χ0n) is 13.3. The van der Waals surface area contributed by atoms with E-state index in [0.717, 1.165) is 13.0 Å². The van der Waals surface area contributed by atoms with Gasteiger partial charge in [-0.2, -0.15) is 0 Å². The smallest absolute Gasteiger partial charge is 0.379 e. The molecule has 0 aromatic carbocycles. The number of rotatable bonds is 17. The van der Waals surface area contributed by atoms with Crippen LogP contribution >= 0.6 is 7.82 Å². The Morgan fingerprint density at radius 2 is 1.09 bits per heavy atom. The third kappa shape index (κ3) is 19.9. The molecule has 9 heteroatoms. The average Bonchev–Trinajstić information content (AvgIpc) is 2.45. The van der Waals surface area contributed by atoms with Crippen molar-refractivity contribution >= 4 is 7.82 Å². The summed E-state index contributed by atoms with van der Waals surface area (Å²) in [5.74, 6) is 0. The largest absolute Gasteiger partial charge is 0.469 e. The lowest BCUT2D eigenvalue weighted by Gasteiger charge is -2.08. The van der Waals surface area contributed by atoms with Crippen molar-refractivity contribution in [3.63, 3.8) is 0 Å². The number of hydrogen-bond acceptors (Lipinski definition) is 6. The second-order valence-corrected chi connectivity index (χ2v) is 5.72. The normalized spacial score (nSPS) is 12.0. The van der Waals surface area contributed by atoms with E-state index in [9.17, 15) is 4.57 Å². The van der Waals surface area contributed by atoms with E-state index in [1.165, 1.54) is 12.8 Å². The van der Waals surface area contributed by atoms with E-state index in [1.807, 2.05) is 0 Å². The minimum atomic E-state index is -4.39. The number of phosphoric ester groups is 1. The van der Waals surface area contributed by atoms with Crippen LogP contribution in [-0.2, 0) is 28.0 Å². The predicted octanol–water partition coefficient (Wildman–Crippen LogP) is 1.35. The van der Waals surface area contributed by atoms with Crippen molar-refractivity contribution in [2.75, 3.05) is 59.5 Å². The molecule has 0 unspecified atom stereocenters. The molecule has 2 N–H and O–H groups in total. The monoisotopic (exact) mass is 344 g/mol.